The van der Waals surface area contributed by atoms with Gasteiger partial charge in [0.15, 0.2) is 0 Å². The number of carbonyl (C=O) groups excluding carboxylic acids is 1. The van der Waals surface area contributed by atoms with E-state index in [4.69, 9.17) is 16.3 Å². The number of hydrazone groups is 1. The van der Waals surface area contributed by atoms with Crippen LogP contribution in [-0.2, 0) is 6.61 Å². The second-order valence-corrected chi connectivity index (χ2v) is 7.47. The molecule has 164 valence electrons. The molecular weight excluding hydrogens is 436 g/mol. The van der Waals surface area contributed by atoms with Gasteiger partial charge in [-0.3, -0.25) is 9.89 Å². The second kappa shape index (κ2) is 10.9. The van der Waals surface area contributed by atoms with Crippen LogP contribution in [0, 0.1) is 0 Å². The number of ether oxygens (including phenoxy) is 1. The number of allylic oxidation sites excluding steroid dienone is 1. The van der Waals surface area contributed by atoms with E-state index in [0.29, 0.717) is 28.8 Å². The SMILES string of the molecule is O=C(NN=CC=Cc1ccccc1)c1cc(-c2cccc(OCc3ccccc3Cl)c2)n[nH]1. The monoisotopic (exact) mass is 456 g/mol. The summed E-state index contributed by atoms with van der Waals surface area (Å²) in [5.74, 6) is 0.292. The number of nitrogens with one attached hydrogen (secondary N) is 2. The zero-order chi connectivity index (χ0) is 22.9. The fraction of sp³-hybridized carbons (Fsp3) is 0.0385. The summed E-state index contributed by atoms with van der Waals surface area (Å²) in [6.45, 7) is 0.355. The van der Waals surface area contributed by atoms with E-state index in [1.165, 1.54) is 6.21 Å². The fourth-order valence-corrected chi connectivity index (χ4v) is 3.22. The van der Waals surface area contributed by atoms with E-state index in [2.05, 4.69) is 20.7 Å². The maximum absolute atomic E-state index is 12.3. The zero-order valence-electron chi connectivity index (χ0n) is 17.6. The van der Waals surface area contributed by atoms with Crippen molar-refractivity contribution in [2.24, 2.45) is 5.10 Å². The molecule has 0 saturated heterocycles. The number of aromatic nitrogens is 2. The van der Waals surface area contributed by atoms with E-state index in [9.17, 15) is 4.79 Å². The normalized spacial score (nSPS) is 11.2. The number of benzene rings is 3. The average molecular weight is 457 g/mol. The standard InChI is InChI=1S/C26H21ClN4O2/c27-23-14-5-4-11-21(23)18-33-22-13-6-12-20(16-22)24-17-25(30-29-24)26(32)31-28-15-7-10-19-8-2-1-3-9-19/h1-17H,18H2,(H,29,30)(H,31,32). The van der Waals surface area contributed by atoms with Crippen LogP contribution in [0.25, 0.3) is 17.3 Å². The van der Waals surface area contributed by atoms with E-state index in [-0.39, 0.29) is 5.91 Å². The first-order valence-corrected chi connectivity index (χ1v) is 10.6. The number of amides is 1. The smallest absolute Gasteiger partial charge is 0.289 e. The lowest BCUT2D eigenvalue weighted by Crippen LogP contribution is -2.17. The van der Waals surface area contributed by atoms with Crippen molar-refractivity contribution in [1.82, 2.24) is 15.6 Å². The van der Waals surface area contributed by atoms with Gasteiger partial charge in [-0.1, -0.05) is 78.3 Å². The van der Waals surface area contributed by atoms with E-state index < -0.39 is 0 Å². The summed E-state index contributed by atoms with van der Waals surface area (Å²) >= 11 is 6.19. The van der Waals surface area contributed by atoms with Gasteiger partial charge >= 0.3 is 0 Å². The molecule has 3 aromatic carbocycles. The molecule has 0 saturated carbocycles. The van der Waals surface area contributed by atoms with Crippen molar-refractivity contribution in [3.63, 3.8) is 0 Å². The number of hydrogen-bond acceptors (Lipinski definition) is 4. The van der Waals surface area contributed by atoms with Gasteiger partial charge in [0, 0.05) is 22.4 Å². The number of nitrogens with zero attached hydrogens (tertiary/aromatic N) is 2. The molecule has 1 heterocycles. The van der Waals surface area contributed by atoms with Crippen molar-refractivity contribution < 1.29 is 9.53 Å². The third-order valence-corrected chi connectivity index (χ3v) is 5.09. The predicted octanol–water partition coefficient (Wildman–Crippen LogP) is 5.74. The van der Waals surface area contributed by atoms with E-state index in [1.54, 1.807) is 12.1 Å². The Kier molecular flexibility index (Phi) is 7.30. The molecule has 1 amide bonds. The summed E-state index contributed by atoms with van der Waals surface area (Å²) in [4.78, 5) is 12.3. The highest BCUT2D eigenvalue weighted by Crippen LogP contribution is 2.24. The van der Waals surface area contributed by atoms with Gasteiger partial charge in [-0.05, 0) is 35.9 Å². The first-order chi connectivity index (χ1) is 16.2. The number of rotatable bonds is 8. The van der Waals surface area contributed by atoms with Gasteiger partial charge in [0.05, 0.1) is 5.69 Å². The Bertz CT molecular complexity index is 1280. The van der Waals surface area contributed by atoms with Crippen LogP contribution in [-0.4, -0.2) is 22.3 Å². The fourth-order valence-electron chi connectivity index (χ4n) is 3.03. The number of carbonyl (C=O) groups is 1. The highest BCUT2D eigenvalue weighted by Gasteiger charge is 2.11. The van der Waals surface area contributed by atoms with Crippen molar-refractivity contribution in [2.45, 2.75) is 6.61 Å². The van der Waals surface area contributed by atoms with Crippen LogP contribution >= 0.6 is 11.6 Å². The molecule has 2 N–H and O–H groups in total. The van der Waals surface area contributed by atoms with Crippen LogP contribution < -0.4 is 10.2 Å². The summed E-state index contributed by atoms with van der Waals surface area (Å²) in [6.07, 6.45) is 5.16. The molecule has 0 spiro atoms. The summed E-state index contributed by atoms with van der Waals surface area (Å²) in [7, 11) is 0. The molecule has 1 aromatic heterocycles. The quantitative estimate of drug-likeness (QED) is 0.262. The van der Waals surface area contributed by atoms with Crippen LogP contribution in [0.1, 0.15) is 21.6 Å². The maximum Gasteiger partial charge on any atom is 0.289 e. The average Bonchev–Trinajstić information content (AvgIpc) is 3.35. The summed E-state index contributed by atoms with van der Waals surface area (Å²) in [5.41, 5.74) is 6.17. The van der Waals surface area contributed by atoms with E-state index >= 15 is 0 Å². The van der Waals surface area contributed by atoms with Crippen LogP contribution in [0.15, 0.2) is 96.1 Å². The molecule has 33 heavy (non-hydrogen) atoms. The van der Waals surface area contributed by atoms with Crippen molar-refractivity contribution in [3.8, 4) is 17.0 Å². The van der Waals surface area contributed by atoms with E-state index in [1.807, 2.05) is 84.9 Å². The lowest BCUT2D eigenvalue weighted by atomic mass is 10.1. The Morgan fingerprint density at radius 1 is 1.03 bits per heavy atom. The number of hydrogen-bond donors (Lipinski definition) is 2. The number of H-pyrrole nitrogens is 1. The lowest BCUT2D eigenvalue weighted by molar-refractivity contribution is 0.0950. The molecule has 4 aromatic rings. The molecule has 0 aliphatic heterocycles. The van der Waals surface area contributed by atoms with Crippen LogP contribution in [0.2, 0.25) is 5.02 Å². The molecule has 4 rings (SSSR count). The summed E-state index contributed by atoms with van der Waals surface area (Å²) in [6, 6.07) is 26.5. The molecule has 0 bridgehead atoms. The van der Waals surface area contributed by atoms with Gasteiger partial charge in [-0.25, -0.2) is 5.43 Å². The van der Waals surface area contributed by atoms with Crippen molar-refractivity contribution in [2.75, 3.05) is 0 Å². The maximum atomic E-state index is 12.3. The van der Waals surface area contributed by atoms with Gasteiger partial charge < -0.3 is 4.74 Å². The first-order valence-electron chi connectivity index (χ1n) is 10.3. The summed E-state index contributed by atoms with van der Waals surface area (Å²) < 4.78 is 5.87. The Morgan fingerprint density at radius 3 is 2.70 bits per heavy atom. The minimum Gasteiger partial charge on any atom is -0.489 e. The third-order valence-electron chi connectivity index (χ3n) is 4.72. The van der Waals surface area contributed by atoms with Gasteiger partial charge in [0.1, 0.15) is 18.1 Å². The third kappa shape index (κ3) is 6.18. The Balaban J connectivity index is 1.35. The molecule has 0 aliphatic rings. The van der Waals surface area contributed by atoms with Crippen molar-refractivity contribution >= 4 is 29.8 Å². The number of aromatic amines is 1. The minimum atomic E-state index is -0.385. The van der Waals surface area contributed by atoms with Crippen LogP contribution in [0.5, 0.6) is 5.75 Å². The number of halogens is 1. The molecule has 0 radical (unpaired) electrons. The molecule has 6 nitrogen and oxygen atoms in total. The lowest BCUT2D eigenvalue weighted by Gasteiger charge is -2.08. The predicted molar refractivity (Wildman–Crippen MR) is 131 cm³/mol. The highest BCUT2D eigenvalue weighted by molar-refractivity contribution is 6.31. The largest absolute Gasteiger partial charge is 0.489 e. The Morgan fingerprint density at radius 2 is 1.85 bits per heavy atom. The molecule has 0 aliphatic carbocycles. The first kappa shape index (κ1) is 22.0. The topological polar surface area (TPSA) is 79.4 Å². The molecule has 0 atom stereocenters. The van der Waals surface area contributed by atoms with Gasteiger partial charge in [-0.15, -0.1) is 0 Å². The van der Waals surface area contributed by atoms with Gasteiger partial charge in [-0.2, -0.15) is 10.2 Å². The van der Waals surface area contributed by atoms with Crippen molar-refractivity contribution in [1.29, 1.82) is 0 Å². The molecule has 7 heteroatoms. The van der Waals surface area contributed by atoms with Crippen LogP contribution in [0.4, 0.5) is 0 Å². The Hall–Kier alpha value is -4.16. The van der Waals surface area contributed by atoms with E-state index in [0.717, 1.165) is 16.7 Å². The minimum absolute atomic E-state index is 0.302. The van der Waals surface area contributed by atoms with Crippen LogP contribution in [0.3, 0.4) is 0 Å². The molecular formula is C26H21ClN4O2. The van der Waals surface area contributed by atoms with Crippen molar-refractivity contribution in [3.05, 3.63) is 113 Å². The molecule has 0 fully saturated rings. The molecule has 0 unspecified atom stereocenters. The second-order valence-electron chi connectivity index (χ2n) is 7.06. The van der Waals surface area contributed by atoms with Gasteiger partial charge in [0.2, 0.25) is 0 Å². The van der Waals surface area contributed by atoms with Gasteiger partial charge in [0.25, 0.3) is 5.91 Å². The zero-order valence-corrected chi connectivity index (χ0v) is 18.4. The Labute approximate surface area is 196 Å². The highest BCUT2D eigenvalue weighted by atomic mass is 35.5. The summed E-state index contributed by atoms with van der Waals surface area (Å²) in [5, 5.41) is 11.6.